The Morgan fingerprint density at radius 1 is 1.16 bits per heavy atom. The SMILES string of the molecule is O=C(C[C@@H]1Sc2ccc(C(F)(F)F)cc2NC1=O)Nc1ccccc1. The third-order valence-electron chi connectivity index (χ3n) is 3.55. The van der Waals surface area contributed by atoms with Crippen molar-refractivity contribution in [2.24, 2.45) is 0 Å². The van der Waals surface area contributed by atoms with E-state index in [1.807, 2.05) is 6.07 Å². The first-order valence-electron chi connectivity index (χ1n) is 7.36. The molecule has 0 spiro atoms. The van der Waals surface area contributed by atoms with Crippen molar-refractivity contribution < 1.29 is 22.8 Å². The van der Waals surface area contributed by atoms with E-state index in [0.29, 0.717) is 10.6 Å². The molecule has 2 aromatic rings. The van der Waals surface area contributed by atoms with Crippen molar-refractivity contribution in [1.82, 2.24) is 0 Å². The quantitative estimate of drug-likeness (QED) is 0.858. The normalized spacial score (nSPS) is 16.8. The van der Waals surface area contributed by atoms with E-state index in [4.69, 9.17) is 0 Å². The second-order valence-electron chi connectivity index (χ2n) is 5.42. The van der Waals surface area contributed by atoms with Crippen molar-refractivity contribution >= 4 is 35.0 Å². The number of amides is 2. The molecule has 4 nitrogen and oxygen atoms in total. The van der Waals surface area contributed by atoms with Gasteiger partial charge in [0.1, 0.15) is 0 Å². The van der Waals surface area contributed by atoms with E-state index in [-0.39, 0.29) is 18.0 Å². The molecule has 130 valence electrons. The molecule has 2 N–H and O–H groups in total. The van der Waals surface area contributed by atoms with Crippen LogP contribution in [0.3, 0.4) is 0 Å². The molecule has 0 unspecified atom stereocenters. The maximum atomic E-state index is 12.7. The number of nitrogens with one attached hydrogen (secondary N) is 2. The average molecular weight is 366 g/mol. The lowest BCUT2D eigenvalue weighted by Gasteiger charge is -2.24. The van der Waals surface area contributed by atoms with Gasteiger partial charge in [0, 0.05) is 17.0 Å². The van der Waals surface area contributed by atoms with Gasteiger partial charge in [0.25, 0.3) is 0 Å². The Morgan fingerprint density at radius 3 is 2.56 bits per heavy atom. The van der Waals surface area contributed by atoms with Crippen molar-refractivity contribution in [2.45, 2.75) is 22.7 Å². The topological polar surface area (TPSA) is 58.2 Å². The molecule has 25 heavy (non-hydrogen) atoms. The minimum Gasteiger partial charge on any atom is -0.326 e. The van der Waals surface area contributed by atoms with Crippen LogP contribution in [-0.4, -0.2) is 17.1 Å². The minimum atomic E-state index is -4.48. The number of fused-ring (bicyclic) bond motifs is 1. The van der Waals surface area contributed by atoms with Crippen LogP contribution in [0.2, 0.25) is 0 Å². The van der Waals surface area contributed by atoms with Crippen LogP contribution >= 0.6 is 11.8 Å². The van der Waals surface area contributed by atoms with Gasteiger partial charge in [0.05, 0.1) is 16.5 Å². The number of hydrogen-bond acceptors (Lipinski definition) is 3. The van der Waals surface area contributed by atoms with Gasteiger partial charge in [-0.3, -0.25) is 9.59 Å². The fourth-order valence-corrected chi connectivity index (χ4v) is 3.45. The molecule has 0 aromatic heterocycles. The Morgan fingerprint density at radius 2 is 1.88 bits per heavy atom. The number of carbonyl (C=O) groups excluding carboxylic acids is 2. The van der Waals surface area contributed by atoms with Crippen molar-refractivity contribution in [3.8, 4) is 0 Å². The standard InChI is InChI=1S/C17H13F3N2O2S/c18-17(19,20)10-6-7-13-12(8-10)22-16(24)14(25-13)9-15(23)21-11-4-2-1-3-5-11/h1-8,14H,9H2,(H,21,23)(H,22,24)/t14-/m0/s1. The maximum absolute atomic E-state index is 12.7. The molecule has 1 aliphatic rings. The monoisotopic (exact) mass is 366 g/mol. The molecule has 3 rings (SSSR count). The van der Waals surface area contributed by atoms with Crippen molar-refractivity contribution in [2.75, 3.05) is 10.6 Å². The van der Waals surface area contributed by atoms with Gasteiger partial charge < -0.3 is 10.6 Å². The van der Waals surface area contributed by atoms with E-state index in [1.54, 1.807) is 24.3 Å². The third kappa shape index (κ3) is 4.14. The Kier molecular flexibility index (Phi) is 4.71. The fourth-order valence-electron chi connectivity index (χ4n) is 2.36. The molecular weight excluding hydrogens is 353 g/mol. The highest BCUT2D eigenvalue weighted by atomic mass is 32.2. The lowest BCUT2D eigenvalue weighted by molar-refractivity contribution is -0.137. The van der Waals surface area contributed by atoms with Crippen LogP contribution < -0.4 is 10.6 Å². The number of carbonyl (C=O) groups is 2. The number of para-hydroxylation sites is 1. The molecule has 0 radical (unpaired) electrons. The lowest BCUT2D eigenvalue weighted by atomic mass is 10.1. The highest BCUT2D eigenvalue weighted by Crippen LogP contribution is 2.40. The molecule has 1 heterocycles. The lowest BCUT2D eigenvalue weighted by Crippen LogP contribution is -2.32. The van der Waals surface area contributed by atoms with Crippen molar-refractivity contribution in [1.29, 1.82) is 0 Å². The van der Waals surface area contributed by atoms with Gasteiger partial charge in [-0.2, -0.15) is 13.2 Å². The summed E-state index contributed by atoms with van der Waals surface area (Å²) in [4.78, 5) is 24.7. The van der Waals surface area contributed by atoms with Crippen LogP contribution in [0.15, 0.2) is 53.4 Å². The first-order valence-corrected chi connectivity index (χ1v) is 8.24. The number of anilines is 2. The van der Waals surface area contributed by atoms with Crippen LogP contribution in [0, 0.1) is 0 Å². The van der Waals surface area contributed by atoms with Gasteiger partial charge in [0.2, 0.25) is 11.8 Å². The average Bonchev–Trinajstić information content (AvgIpc) is 2.55. The number of benzene rings is 2. The highest BCUT2D eigenvalue weighted by molar-refractivity contribution is 8.01. The summed E-state index contributed by atoms with van der Waals surface area (Å²) in [6, 6.07) is 12.0. The van der Waals surface area contributed by atoms with Gasteiger partial charge >= 0.3 is 6.18 Å². The summed E-state index contributed by atoms with van der Waals surface area (Å²) in [5.41, 5.74) is -0.0964. The molecular formula is C17H13F3N2O2S. The molecule has 1 atom stereocenters. The Hall–Kier alpha value is -2.48. The molecule has 2 amide bonds. The molecule has 0 bridgehead atoms. The fraction of sp³-hybridized carbons (Fsp3) is 0.176. The summed E-state index contributed by atoms with van der Waals surface area (Å²) in [7, 11) is 0. The molecule has 2 aromatic carbocycles. The van der Waals surface area contributed by atoms with Crippen molar-refractivity contribution in [3.05, 3.63) is 54.1 Å². The summed E-state index contributed by atoms with van der Waals surface area (Å²) >= 11 is 1.08. The zero-order valence-corrected chi connectivity index (χ0v) is 13.6. The minimum absolute atomic E-state index is 0.0775. The summed E-state index contributed by atoms with van der Waals surface area (Å²) in [5, 5.41) is 4.43. The van der Waals surface area contributed by atoms with E-state index >= 15 is 0 Å². The third-order valence-corrected chi connectivity index (χ3v) is 4.83. The Balaban J connectivity index is 1.69. The number of halogens is 3. The Labute approximate surface area is 145 Å². The summed E-state index contributed by atoms with van der Waals surface area (Å²) in [6.07, 6.45) is -4.55. The Bertz CT molecular complexity index is 809. The predicted molar refractivity (Wildman–Crippen MR) is 89.4 cm³/mol. The van der Waals surface area contributed by atoms with Gasteiger partial charge in [-0.1, -0.05) is 18.2 Å². The van der Waals surface area contributed by atoms with E-state index in [2.05, 4.69) is 10.6 Å². The van der Waals surface area contributed by atoms with Gasteiger partial charge in [0.15, 0.2) is 0 Å². The zero-order valence-electron chi connectivity index (χ0n) is 12.8. The molecule has 1 aliphatic heterocycles. The number of hydrogen-bond donors (Lipinski definition) is 2. The van der Waals surface area contributed by atoms with E-state index in [0.717, 1.165) is 23.9 Å². The van der Waals surface area contributed by atoms with E-state index in [9.17, 15) is 22.8 Å². The molecule has 0 saturated heterocycles. The highest BCUT2D eigenvalue weighted by Gasteiger charge is 2.34. The van der Waals surface area contributed by atoms with Gasteiger partial charge in [-0.15, -0.1) is 11.8 Å². The summed E-state index contributed by atoms with van der Waals surface area (Å²) in [5.74, 6) is -0.825. The van der Waals surface area contributed by atoms with E-state index in [1.165, 1.54) is 6.07 Å². The van der Waals surface area contributed by atoms with Crippen LogP contribution in [0.25, 0.3) is 0 Å². The maximum Gasteiger partial charge on any atom is 0.416 e. The van der Waals surface area contributed by atoms with Gasteiger partial charge in [-0.25, -0.2) is 0 Å². The van der Waals surface area contributed by atoms with Crippen LogP contribution in [0.5, 0.6) is 0 Å². The van der Waals surface area contributed by atoms with Gasteiger partial charge in [-0.05, 0) is 30.3 Å². The van der Waals surface area contributed by atoms with Crippen molar-refractivity contribution in [3.63, 3.8) is 0 Å². The molecule has 8 heteroatoms. The van der Waals surface area contributed by atoms with Crippen LogP contribution in [0.4, 0.5) is 24.5 Å². The van der Waals surface area contributed by atoms with E-state index < -0.39 is 22.9 Å². The number of alkyl halides is 3. The predicted octanol–water partition coefficient (Wildman–Crippen LogP) is 4.15. The molecule has 0 aliphatic carbocycles. The summed E-state index contributed by atoms with van der Waals surface area (Å²) in [6.45, 7) is 0. The summed E-state index contributed by atoms with van der Waals surface area (Å²) < 4.78 is 38.2. The first-order chi connectivity index (χ1) is 11.8. The second-order valence-corrected chi connectivity index (χ2v) is 6.67. The number of rotatable bonds is 3. The zero-order chi connectivity index (χ0) is 18.0. The smallest absolute Gasteiger partial charge is 0.326 e. The molecule has 0 fully saturated rings. The van der Waals surface area contributed by atoms with Crippen LogP contribution in [-0.2, 0) is 15.8 Å². The second kappa shape index (κ2) is 6.79. The molecule has 0 saturated carbocycles. The van der Waals surface area contributed by atoms with Crippen LogP contribution in [0.1, 0.15) is 12.0 Å². The largest absolute Gasteiger partial charge is 0.416 e. The number of thioether (sulfide) groups is 1. The first kappa shape index (κ1) is 17.3.